The second kappa shape index (κ2) is 10.7. The van der Waals surface area contributed by atoms with E-state index in [0.29, 0.717) is 15.6 Å². The molecule has 2 aromatic rings. The van der Waals surface area contributed by atoms with E-state index in [4.69, 9.17) is 18.9 Å². The lowest BCUT2D eigenvalue weighted by Gasteiger charge is -2.40. The fraction of sp³-hybridized carbons (Fsp3) is 0.450. The van der Waals surface area contributed by atoms with Crippen LogP contribution in [0, 0.1) is 0 Å². The molecule has 1 fully saturated rings. The highest BCUT2D eigenvalue weighted by atomic mass is 32.1. The minimum absolute atomic E-state index is 0.137. The molecule has 0 spiro atoms. The summed E-state index contributed by atoms with van der Waals surface area (Å²) in [6, 6.07) is 1.74. The van der Waals surface area contributed by atoms with Crippen LogP contribution in [0.5, 0.6) is 0 Å². The number of hydrogen-bond donors (Lipinski definition) is 1. The predicted octanol–water partition coefficient (Wildman–Crippen LogP) is 2.39. The lowest BCUT2D eigenvalue weighted by atomic mass is 10.0. The number of hydrogen-bond acceptors (Lipinski definition) is 12. The second-order valence-electron chi connectivity index (χ2n) is 6.94. The van der Waals surface area contributed by atoms with Crippen molar-refractivity contribution in [3.8, 4) is 0 Å². The third kappa shape index (κ3) is 6.34. The zero-order chi connectivity index (χ0) is 23.3. The Hall–Kier alpha value is -2.83. The van der Waals surface area contributed by atoms with E-state index in [-0.39, 0.29) is 18.8 Å². The molecule has 1 saturated heterocycles. The summed E-state index contributed by atoms with van der Waals surface area (Å²) in [5.41, 5.74) is 0.583. The molecule has 1 aliphatic heterocycles. The van der Waals surface area contributed by atoms with Crippen molar-refractivity contribution in [1.82, 2.24) is 4.98 Å². The van der Waals surface area contributed by atoms with Gasteiger partial charge in [-0.25, -0.2) is 4.98 Å². The smallest absolute Gasteiger partial charge is 0.303 e. The number of thiophene rings is 1. The van der Waals surface area contributed by atoms with E-state index in [1.165, 1.54) is 38.3 Å². The van der Waals surface area contributed by atoms with E-state index < -0.39 is 42.4 Å². The van der Waals surface area contributed by atoms with Crippen LogP contribution < -0.4 is 5.32 Å². The Morgan fingerprint density at radius 3 is 2.53 bits per heavy atom. The van der Waals surface area contributed by atoms with Gasteiger partial charge in [0.25, 0.3) is 0 Å². The summed E-state index contributed by atoms with van der Waals surface area (Å²) in [5, 5.41) is 7.07. The molecular formula is C20H22N2O8S2. The molecule has 172 valence electrons. The number of carbonyl (C=O) groups excluding carboxylic acids is 4. The van der Waals surface area contributed by atoms with E-state index in [1.54, 1.807) is 11.4 Å². The molecule has 10 nitrogen and oxygen atoms in total. The largest absolute Gasteiger partial charge is 0.463 e. The van der Waals surface area contributed by atoms with Crippen LogP contribution >= 0.6 is 22.7 Å². The maximum atomic E-state index is 12.5. The van der Waals surface area contributed by atoms with Gasteiger partial charge in [-0.1, -0.05) is 11.3 Å². The highest BCUT2D eigenvalue weighted by Crippen LogP contribution is 2.29. The number of esters is 3. The van der Waals surface area contributed by atoms with Gasteiger partial charge in [0.1, 0.15) is 25.0 Å². The van der Waals surface area contributed by atoms with Crippen molar-refractivity contribution >= 4 is 51.5 Å². The van der Waals surface area contributed by atoms with Gasteiger partial charge in [-0.05, 0) is 11.4 Å². The Labute approximate surface area is 191 Å². The Morgan fingerprint density at radius 1 is 1.16 bits per heavy atom. The summed E-state index contributed by atoms with van der Waals surface area (Å²) in [7, 11) is 0. The van der Waals surface area contributed by atoms with Gasteiger partial charge in [0.2, 0.25) is 5.78 Å². The summed E-state index contributed by atoms with van der Waals surface area (Å²) in [5.74, 6) is -1.82. The van der Waals surface area contributed by atoms with Crippen LogP contribution in [0.2, 0.25) is 0 Å². The third-order valence-electron chi connectivity index (χ3n) is 4.39. The van der Waals surface area contributed by atoms with E-state index in [0.717, 1.165) is 11.3 Å². The minimum atomic E-state index is -0.958. The zero-order valence-electron chi connectivity index (χ0n) is 17.6. The van der Waals surface area contributed by atoms with Crippen molar-refractivity contribution in [1.29, 1.82) is 0 Å². The number of thiazole rings is 1. The average Bonchev–Trinajstić information content (AvgIpc) is 3.39. The van der Waals surface area contributed by atoms with Crippen molar-refractivity contribution < 1.29 is 38.1 Å². The molecule has 1 aliphatic rings. The Morgan fingerprint density at radius 2 is 1.91 bits per heavy atom. The van der Waals surface area contributed by atoms with Gasteiger partial charge in [0.05, 0.1) is 11.1 Å². The number of ketones is 1. The molecule has 4 atom stereocenters. The Kier molecular flexibility index (Phi) is 7.94. The molecule has 12 heteroatoms. The number of aromatic nitrogens is 1. The molecule has 0 saturated carbocycles. The summed E-state index contributed by atoms with van der Waals surface area (Å²) in [6.45, 7) is 3.50. The normalized spacial score (nSPS) is 22.6. The van der Waals surface area contributed by atoms with E-state index >= 15 is 0 Å². The van der Waals surface area contributed by atoms with Gasteiger partial charge in [-0.2, -0.15) is 11.3 Å². The number of ether oxygens (including phenoxy) is 4. The molecule has 0 radical (unpaired) electrons. The number of nitrogens with zero attached hydrogens (tertiary/aromatic N) is 1. The van der Waals surface area contributed by atoms with Crippen LogP contribution in [0.3, 0.4) is 0 Å². The Balaban J connectivity index is 1.75. The van der Waals surface area contributed by atoms with Crippen molar-refractivity contribution in [3.63, 3.8) is 0 Å². The average molecular weight is 483 g/mol. The van der Waals surface area contributed by atoms with Crippen LogP contribution in [-0.2, 0) is 33.3 Å². The minimum Gasteiger partial charge on any atom is -0.463 e. The summed E-state index contributed by atoms with van der Waals surface area (Å²) in [6.07, 6.45) is -1.78. The fourth-order valence-corrected chi connectivity index (χ4v) is 4.60. The fourth-order valence-electron chi connectivity index (χ4n) is 3.15. The van der Waals surface area contributed by atoms with Crippen molar-refractivity contribution in [2.45, 2.75) is 51.7 Å². The molecular weight excluding hydrogens is 460 g/mol. The maximum Gasteiger partial charge on any atom is 0.303 e. The monoisotopic (exact) mass is 482 g/mol. The summed E-state index contributed by atoms with van der Waals surface area (Å²) in [4.78, 5) is 51.7. The first kappa shape index (κ1) is 23.8. The van der Waals surface area contributed by atoms with Crippen LogP contribution in [0.4, 0.5) is 5.13 Å². The topological polar surface area (TPSA) is 130 Å². The first-order valence-electron chi connectivity index (χ1n) is 9.65. The summed E-state index contributed by atoms with van der Waals surface area (Å²) >= 11 is 2.58. The van der Waals surface area contributed by atoms with Gasteiger partial charge < -0.3 is 24.3 Å². The lowest BCUT2D eigenvalue weighted by molar-refractivity contribution is -0.211. The number of rotatable bonds is 8. The highest BCUT2D eigenvalue weighted by Gasteiger charge is 2.44. The molecule has 3 heterocycles. The van der Waals surface area contributed by atoms with Gasteiger partial charge in [0, 0.05) is 38.1 Å². The van der Waals surface area contributed by atoms with Crippen LogP contribution in [0.15, 0.2) is 23.0 Å². The quantitative estimate of drug-likeness (QED) is 0.340. The molecule has 1 N–H and O–H groups in total. The first-order chi connectivity index (χ1) is 15.2. The molecule has 0 bridgehead atoms. The Bertz CT molecular complexity index is 974. The van der Waals surface area contributed by atoms with Crippen LogP contribution in [-0.4, -0.2) is 59.8 Å². The van der Waals surface area contributed by atoms with Gasteiger partial charge >= 0.3 is 17.9 Å². The van der Waals surface area contributed by atoms with E-state index in [9.17, 15) is 19.2 Å². The summed E-state index contributed by atoms with van der Waals surface area (Å²) < 4.78 is 21.6. The molecule has 0 amide bonds. The third-order valence-corrected chi connectivity index (χ3v) is 6.00. The molecule has 32 heavy (non-hydrogen) atoms. The van der Waals surface area contributed by atoms with Gasteiger partial charge in [-0.3, -0.25) is 19.2 Å². The molecule has 2 unspecified atom stereocenters. The number of carbonyl (C=O) groups is 4. The maximum absolute atomic E-state index is 12.5. The van der Waals surface area contributed by atoms with Crippen LogP contribution in [0.1, 0.15) is 42.4 Å². The lowest BCUT2D eigenvalue weighted by Crippen LogP contribution is -2.55. The van der Waals surface area contributed by atoms with Crippen LogP contribution in [0.25, 0.3) is 0 Å². The van der Waals surface area contributed by atoms with Crippen molar-refractivity contribution in [2.75, 3.05) is 11.9 Å². The molecule has 0 aliphatic carbocycles. The van der Waals surface area contributed by atoms with Gasteiger partial charge in [0.15, 0.2) is 11.2 Å². The standard InChI is InChI=1S/C20H22N2O8S2/c1-10(23)27-8-15-19(29-12(3)25)14(28-11(2)24)6-17(30-15)22-20-21-7-16(32-20)18(26)13-4-5-31-9-13/h4-5,7,9,14-15,17,19H,6,8H2,1-3H3,(H,21,22)/t14-,15?,17+,19?/m1/s1. The SMILES string of the molecule is CC(=O)OCC1O[C@H](Nc2ncc(C(=O)c3ccsc3)s2)C[C@@H](OC(C)=O)C1OC(C)=O. The van der Waals surface area contributed by atoms with Gasteiger partial charge in [-0.15, -0.1) is 0 Å². The van der Waals surface area contributed by atoms with E-state index in [1.807, 2.05) is 5.38 Å². The molecule has 2 aromatic heterocycles. The first-order valence-corrected chi connectivity index (χ1v) is 11.4. The number of nitrogens with one attached hydrogen (secondary N) is 1. The van der Waals surface area contributed by atoms with Crippen molar-refractivity contribution in [2.24, 2.45) is 0 Å². The number of anilines is 1. The highest BCUT2D eigenvalue weighted by molar-refractivity contribution is 7.17. The molecule has 3 rings (SSSR count). The predicted molar refractivity (Wildman–Crippen MR) is 115 cm³/mol. The zero-order valence-corrected chi connectivity index (χ0v) is 19.2. The van der Waals surface area contributed by atoms with Crippen molar-refractivity contribution in [3.05, 3.63) is 33.5 Å². The van der Waals surface area contributed by atoms with E-state index in [2.05, 4.69) is 10.3 Å². The second-order valence-corrected chi connectivity index (χ2v) is 8.75. The molecule has 0 aromatic carbocycles.